The van der Waals surface area contributed by atoms with Gasteiger partial charge in [-0.15, -0.1) is 0 Å². The summed E-state index contributed by atoms with van der Waals surface area (Å²) in [6.07, 6.45) is 2.13. The maximum absolute atomic E-state index is 12.4. The Morgan fingerprint density at radius 1 is 1.35 bits per heavy atom. The molecule has 1 saturated carbocycles. The summed E-state index contributed by atoms with van der Waals surface area (Å²) in [6, 6.07) is 6.92. The van der Waals surface area contributed by atoms with Crippen molar-refractivity contribution in [2.45, 2.75) is 31.2 Å². The molecule has 1 aliphatic heterocycles. The predicted octanol–water partition coefficient (Wildman–Crippen LogP) is 2.52. The number of amides is 1. The maximum Gasteiger partial charge on any atom is 0.326 e. The molecule has 20 heavy (non-hydrogen) atoms. The van der Waals surface area contributed by atoms with E-state index in [1.54, 1.807) is 0 Å². The quantitative estimate of drug-likeness (QED) is 0.931. The van der Waals surface area contributed by atoms with Crippen molar-refractivity contribution in [1.82, 2.24) is 4.90 Å². The van der Waals surface area contributed by atoms with Gasteiger partial charge in [0.1, 0.15) is 6.04 Å². The second kappa shape index (κ2) is 5.09. The Labute approximate surface area is 122 Å². The number of nitrogens with zero attached hydrogens (tertiary/aromatic N) is 1. The molecule has 1 heterocycles. The number of carbonyl (C=O) groups is 2. The summed E-state index contributed by atoms with van der Waals surface area (Å²) in [6.45, 7) is 0.564. The minimum atomic E-state index is -0.893. The van der Waals surface area contributed by atoms with Crippen molar-refractivity contribution >= 4 is 23.5 Å². The molecule has 0 bridgehead atoms. The van der Waals surface area contributed by atoms with Crippen molar-refractivity contribution in [2.75, 3.05) is 6.54 Å². The fourth-order valence-corrected chi connectivity index (χ4v) is 3.27. The van der Waals surface area contributed by atoms with Crippen molar-refractivity contribution in [2.24, 2.45) is 5.92 Å². The van der Waals surface area contributed by atoms with Crippen LogP contribution in [0.2, 0.25) is 5.02 Å². The summed E-state index contributed by atoms with van der Waals surface area (Å²) in [5, 5.41) is 9.81. The van der Waals surface area contributed by atoms with Gasteiger partial charge < -0.3 is 10.0 Å². The average molecular weight is 294 g/mol. The molecule has 1 N–H and O–H groups in total. The number of aliphatic carboxylic acids is 1. The third-order valence-corrected chi connectivity index (χ3v) is 4.44. The summed E-state index contributed by atoms with van der Waals surface area (Å²) in [4.78, 5) is 25.1. The van der Waals surface area contributed by atoms with Crippen molar-refractivity contribution < 1.29 is 14.7 Å². The lowest BCUT2D eigenvalue weighted by Crippen LogP contribution is -2.41. The SMILES string of the molecule is O=C(O)[C@@H]1CCCN1C(=O)[C@@H]1C[C@H]1c1cccc(Cl)c1. The smallest absolute Gasteiger partial charge is 0.326 e. The highest BCUT2D eigenvalue weighted by atomic mass is 35.5. The van der Waals surface area contributed by atoms with Crippen LogP contribution in [0.5, 0.6) is 0 Å². The summed E-state index contributed by atoms with van der Waals surface area (Å²) >= 11 is 5.96. The number of carbonyl (C=O) groups excluding carboxylic acids is 1. The van der Waals surface area contributed by atoms with E-state index < -0.39 is 12.0 Å². The number of likely N-dealkylation sites (tertiary alicyclic amines) is 1. The zero-order chi connectivity index (χ0) is 14.3. The Balaban J connectivity index is 1.70. The van der Waals surface area contributed by atoms with Crippen LogP contribution < -0.4 is 0 Å². The number of rotatable bonds is 3. The van der Waals surface area contributed by atoms with E-state index in [1.165, 1.54) is 4.90 Å². The maximum atomic E-state index is 12.4. The molecule has 1 saturated heterocycles. The molecule has 1 aromatic carbocycles. The van der Waals surface area contributed by atoms with Crippen molar-refractivity contribution in [3.63, 3.8) is 0 Å². The second-order valence-electron chi connectivity index (χ2n) is 5.53. The van der Waals surface area contributed by atoms with Crippen LogP contribution in [0.3, 0.4) is 0 Å². The third kappa shape index (κ3) is 2.40. The minimum absolute atomic E-state index is 0.0140. The molecule has 0 unspecified atom stereocenters. The largest absolute Gasteiger partial charge is 0.480 e. The molecule has 2 fully saturated rings. The van der Waals surface area contributed by atoms with Crippen LogP contribution >= 0.6 is 11.6 Å². The molecule has 1 amide bonds. The normalized spacial score (nSPS) is 28.4. The molecule has 0 spiro atoms. The van der Waals surface area contributed by atoms with Crippen LogP contribution in [0, 0.1) is 5.92 Å². The van der Waals surface area contributed by atoms with Gasteiger partial charge in [0.25, 0.3) is 0 Å². The fraction of sp³-hybridized carbons (Fsp3) is 0.467. The van der Waals surface area contributed by atoms with Gasteiger partial charge in [0, 0.05) is 17.5 Å². The minimum Gasteiger partial charge on any atom is -0.480 e. The molecule has 3 atom stereocenters. The Morgan fingerprint density at radius 3 is 2.85 bits per heavy atom. The molecule has 5 heteroatoms. The van der Waals surface area contributed by atoms with Crippen molar-refractivity contribution in [1.29, 1.82) is 0 Å². The molecule has 2 aliphatic rings. The third-order valence-electron chi connectivity index (χ3n) is 4.21. The predicted molar refractivity (Wildman–Crippen MR) is 74.7 cm³/mol. The molecule has 1 aromatic rings. The Kier molecular flexibility index (Phi) is 3.42. The van der Waals surface area contributed by atoms with Crippen molar-refractivity contribution in [3.05, 3.63) is 34.9 Å². The zero-order valence-electron chi connectivity index (χ0n) is 11.0. The van der Waals surface area contributed by atoms with E-state index in [0.717, 1.165) is 18.4 Å². The number of hydrogen-bond donors (Lipinski definition) is 1. The highest BCUT2D eigenvalue weighted by Crippen LogP contribution is 2.49. The lowest BCUT2D eigenvalue weighted by Gasteiger charge is -2.21. The highest BCUT2D eigenvalue weighted by molar-refractivity contribution is 6.30. The molecule has 4 nitrogen and oxygen atoms in total. The van der Waals surface area contributed by atoms with Crippen LogP contribution in [-0.2, 0) is 9.59 Å². The number of hydrogen-bond acceptors (Lipinski definition) is 2. The van der Waals surface area contributed by atoms with Gasteiger partial charge in [0.05, 0.1) is 0 Å². The second-order valence-corrected chi connectivity index (χ2v) is 5.97. The molecule has 0 aromatic heterocycles. The van der Waals surface area contributed by atoms with Gasteiger partial charge in [0.15, 0.2) is 0 Å². The van der Waals surface area contributed by atoms with E-state index in [9.17, 15) is 9.59 Å². The Bertz CT molecular complexity index is 560. The van der Waals surface area contributed by atoms with Gasteiger partial charge in [-0.1, -0.05) is 23.7 Å². The van der Waals surface area contributed by atoms with Crippen LogP contribution in [0.15, 0.2) is 24.3 Å². The number of halogens is 1. The van der Waals surface area contributed by atoms with Gasteiger partial charge in [-0.25, -0.2) is 4.79 Å². The van der Waals surface area contributed by atoms with E-state index in [0.29, 0.717) is 18.0 Å². The zero-order valence-corrected chi connectivity index (χ0v) is 11.7. The first-order chi connectivity index (χ1) is 9.58. The first-order valence-corrected chi connectivity index (χ1v) is 7.24. The van der Waals surface area contributed by atoms with E-state index in [1.807, 2.05) is 24.3 Å². The van der Waals surface area contributed by atoms with Crippen LogP contribution in [0.4, 0.5) is 0 Å². The summed E-state index contributed by atoms with van der Waals surface area (Å²) in [7, 11) is 0. The van der Waals surface area contributed by atoms with Crippen LogP contribution in [0.25, 0.3) is 0 Å². The summed E-state index contributed by atoms with van der Waals surface area (Å²) < 4.78 is 0. The molecule has 3 rings (SSSR count). The van der Waals surface area contributed by atoms with Gasteiger partial charge in [-0.05, 0) is 42.9 Å². The van der Waals surface area contributed by atoms with Gasteiger partial charge in [-0.2, -0.15) is 0 Å². The number of carboxylic acids is 1. The topological polar surface area (TPSA) is 57.6 Å². The lowest BCUT2D eigenvalue weighted by atomic mass is 10.1. The standard InChI is InChI=1S/C15H16ClNO3/c16-10-4-1-3-9(7-10)11-8-12(11)14(18)17-6-2-5-13(17)15(19)20/h1,3-4,7,11-13H,2,5-6,8H2,(H,19,20)/t11-,12+,13-/m0/s1. The van der Waals surface area contributed by atoms with Gasteiger partial charge >= 0.3 is 5.97 Å². The molecule has 1 aliphatic carbocycles. The van der Waals surface area contributed by atoms with Gasteiger partial charge in [-0.3, -0.25) is 4.79 Å². The number of benzene rings is 1. The van der Waals surface area contributed by atoms with E-state index >= 15 is 0 Å². The molecule has 0 radical (unpaired) electrons. The molecule has 106 valence electrons. The summed E-state index contributed by atoms with van der Waals surface area (Å²) in [5.74, 6) is -0.791. The number of carboxylic acid groups (broad SMARTS) is 1. The first-order valence-electron chi connectivity index (χ1n) is 6.86. The van der Waals surface area contributed by atoms with Crippen molar-refractivity contribution in [3.8, 4) is 0 Å². The highest BCUT2D eigenvalue weighted by Gasteiger charge is 2.48. The molecular weight excluding hydrogens is 278 g/mol. The summed E-state index contributed by atoms with van der Waals surface area (Å²) in [5.41, 5.74) is 1.07. The van der Waals surface area contributed by atoms with E-state index in [2.05, 4.69) is 0 Å². The van der Waals surface area contributed by atoms with Gasteiger partial charge in [0.2, 0.25) is 5.91 Å². The Morgan fingerprint density at radius 2 is 2.15 bits per heavy atom. The van der Waals surface area contributed by atoms with E-state index in [-0.39, 0.29) is 17.7 Å². The lowest BCUT2D eigenvalue weighted by molar-refractivity contribution is -0.148. The Hall–Kier alpha value is -1.55. The monoisotopic (exact) mass is 293 g/mol. The fourth-order valence-electron chi connectivity index (χ4n) is 3.07. The molecular formula is C15H16ClNO3. The van der Waals surface area contributed by atoms with E-state index in [4.69, 9.17) is 16.7 Å². The van der Waals surface area contributed by atoms with Crippen LogP contribution in [-0.4, -0.2) is 34.5 Å². The average Bonchev–Trinajstić information content (AvgIpc) is 3.06. The van der Waals surface area contributed by atoms with Crippen LogP contribution in [0.1, 0.15) is 30.7 Å². The first kappa shape index (κ1) is 13.4.